The molecule has 20 heavy (non-hydrogen) atoms. The highest BCUT2D eigenvalue weighted by Crippen LogP contribution is 2.13. The summed E-state index contributed by atoms with van der Waals surface area (Å²) in [5.41, 5.74) is 1.36. The van der Waals surface area contributed by atoms with E-state index in [0.717, 1.165) is 44.8 Å². The van der Waals surface area contributed by atoms with Crippen molar-refractivity contribution in [1.82, 2.24) is 5.32 Å². The second-order valence-electron chi connectivity index (χ2n) is 5.21. The van der Waals surface area contributed by atoms with Crippen LogP contribution in [0.25, 0.3) is 0 Å². The molecule has 0 aliphatic heterocycles. The molecule has 0 aliphatic carbocycles. The fourth-order valence-corrected chi connectivity index (χ4v) is 2.00. The minimum atomic E-state index is 0.520. The molecule has 1 rings (SSSR count). The summed E-state index contributed by atoms with van der Waals surface area (Å²) in [5.74, 6) is 0.921. The molecule has 114 valence electrons. The molecule has 0 amide bonds. The Morgan fingerprint density at radius 1 is 1.15 bits per heavy atom. The van der Waals surface area contributed by atoms with Crippen molar-refractivity contribution >= 4 is 0 Å². The lowest BCUT2D eigenvalue weighted by Crippen LogP contribution is -2.30. The van der Waals surface area contributed by atoms with Gasteiger partial charge in [0.05, 0.1) is 13.7 Å². The molecule has 0 fully saturated rings. The predicted octanol–water partition coefficient (Wildman–Crippen LogP) is 3.42. The first-order valence-electron chi connectivity index (χ1n) is 7.70. The summed E-state index contributed by atoms with van der Waals surface area (Å²) in [6.45, 7) is 7.05. The molecule has 0 saturated heterocycles. The van der Waals surface area contributed by atoms with Crippen molar-refractivity contribution in [2.45, 2.75) is 45.6 Å². The number of ether oxygens (including phenoxy) is 2. The summed E-state index contributed by atoms with van der Waals surface area (Å²) in [4.78, 5) is 0. The molecule has 0 aliphatic rings. The van der Waals surface area contributed by atoms with Gasteiger partial charge in [0.15, 0.2) is 0 Å². The van der Waals surface area contributed by atoms with Gasteiger partial charge in [0.2, 0.25) is 0 Å². The van der Waals surface area contributed by atoms with Crippen molar-refractivity contribution < 1.29 is 9.47 Å². The Morgan fingerprint density at radius 2 is 1.90 bits per heavy atom. The largest absolute Gasteiger partial charge is 0.497 e. The Hall–Kier alpha value is -1.06. The van der Waals surface area contributed by atoms with Gasteiger partial charge in [-0.3, -0.25) is 0 Å². The normalized spacial score (nSPS) is 12.3. The highest BCUT2D eigenvalue weighted by atomic mass is 16.5. The van der Waals surface area contributed by atoms with Crippen LogP contribution in [0.1, 0.15) is 38.7 Å². The second kappa shape index (κ2) is 10.7. The van der Waals surface area contributed by atoms with Gasteiger partial charge in [-0.15, -0.1) is 0 Å². The van der Waals surface area contributed by atoms with E-state index >= 15 is 0 Å². The number of rotatable bonds is 11. The van der Waals surface area contributed by atoms with E-state index in [-0.39, 0.29) is 0 Å². The third-order valence-corrected chi connectivity index (χ3v) is 3.41. The van der Waals surface area contributed by atoms with Crippen LogP contribution < -0.4 is 10.1 Å². The Balaban J connectivity index is 2.08. The molecule has 0 spiro atoms. The lowest BCUT2D eigenvalue weighted by Gasteiger charge is -2.14. The maximum atomic E-state index is 5.54. The van der Waals surface area contributed by atoms with Crippen LogP contribution in [-0.2, 0) is 11.2 Å². The molecule has 0 aromatic heterocycles. The van der Waals surface area contributed by atoms with Gasteiger partial charge in [-0.25, -0.2) is 0 Å². The van der Waals surface area contributed by atoms with Crippen LogP contribution in [0.2, 0.25) is 0 Å². The summed E-state index contributed by atoms with van der Waals surface area (Å²) < 4.78 is 10.7. The fourth-order valence-electron chi connectivity index (χ4n) is 2.00. The molecule has 0 radical (unpaired) electrons. The molecule has 1 N–H and O–H groups in total. The van der Waals surface area contributed by atoms with E-state index in [0.29, 0.717) is 6.04 Å². The van der Waals surface area contributed by atoms with Gasteiger partial charge in [-0.2, -0.15) is 0 Å². The van der Waals surface area contributed by atoms with Crippen LogP contribution in [0.15, 0.2) is 24.3 Å². The van der Waals surface area contributed by atoms with E-state index in [2.05, 4.69) is 31.3 Å². The Bertz CT molecular complexity index is 337. The molecule has 1 atom stereocenters. The minimum Gasteiger partial charge on any atom is -0.497 e. The van der Waals surface area contributed by atoms with Gasteiger partial charge in [0.25, 0.3) is 0 Å². The van der Waals surface area contributed by atoms with E-state index in [9.17, 15) is 0 Å². The number of hydrogen-bond donors (Lipinski definition) is 1. The second-order valence-corrected chi connectivity index (χ2v) is 5.21. The Kier molecular flexibility index (Phi) is 9.09. The highest BCUT2D eigenvalue weighted by Gasteiger charge is 2.02. The van der Waals surface area contributed by atoms with Crippen LogP contribution in [-0.4, -0.2) is 32.9 Å². The molecule has 3 heteroatoms. The van der Waals surface area contributed by atoms with E-state index in [1.807, 2.05) is 12.1 Å². The summed E-state index contributed by atoms with van der Waals surface area (Å²) in [5, 5.41) is 3.50. The third kappa shape index (κ3) is 7.51. The molecular weight excluding hydrogens is 250 g/mol. The van der Waals surface area contributed by atoms with Crippen molar-refractivity contribution in [3.05, 3.63) is 29.8 Å². The summed E-state index contributed by atoms with van der Waals surface area (Å²) in [6, 6.07) is 8.84. The van der Waals surface area contributed by atoms with Crippen molar-refractivity contribution in [3.8, 4) is 5.75 Å². The first kappa shape index (κ1) is 17.0. The van der Waals surface area contributed by atoms with Crippen molar-refractivity contribution in [2.75, 3.05) is 26.9 Å². The van der Waals surface area contributed by atoms with Gasteiger partial charge in [0, 0.05) is 19.2 Å². The molecule has 1 aromatic rings. The van der Waals surface area contributed by atoms with Crippen LogP contribution in [0, 0.1) is 0 Å². The van der Waals surface area contributed by atoms with Crippen molar-refractivity contribution in [2.24, 2.45) is 0 Å². The predicted molar refractivity (Wildman–Crippen MR) is 84.5 cm³/mol. The molecule has 0 saturated carbocycles. The molecule has 0 bridgehead atoms. The zero-order chi connectivity index (χ0) is 14.6. The Labute approximate surface area is 123 Å². The average Bonchev–Trinajstić information content (AvgIpc) is 2.49. The number of nitrogens with one attached hydrogen (secondary N) is 1. The Morgan fingerprint density at radius 3 is 2.55 bits per heavy atom. The minimum absolute atomic E-state index is 0.520. The van der Waals surface area contributed by atoms with Gasteiger partial charge in [-0.05, 0) is 43.9 Å². The highest BCUT2D eigenvalue weighted by molar-refractivity contribution is 5.27. The molecule has 1 aromatic carbocycles. The summed E-state index contributed by atoms with van der Waals surface area (Å²) >= 11 is 0. The quantitative estimate of drug-likeness (QED) is 0.630. The van der Waals surface area contributed by atoms with Gasteiger partial charge < -0.3 is 14.8 Å². The maximum absolute atomic E-state index is 5.54. The lowest BCUT2D eigenvalue weighted by molar-refractivity contribution is 0.131. The number of benzene rings is 1. The number of unbranched alkanes of at least 4 members (excludes halogenated alkanes) is 1. The van der Waals surface area contributed by atoms with Crippen LogP contribution in [0.3, 0.4) is 0 Å². The van der Waals surface area contributed by atoms with E-state index < -0.39 is 0 Å². The first-order valence-corrected chi connectivity index (χ1v) is 7.70. The number of methoxy groups -OCH3 is 1. The van der Waals surface area contributed by atoms with Crippen LogP contribution >= 0.6 is 0 Å². The number of hydrogen-bond acceptors (Lipinski definition) is 3. The van der Waals surface area contributed by atoms with Gasteiger partial charge in [0.1, 0.15) is 5.75 Å². The molecule has 1 unspecified atom stereocenters. The zero-order valence-corrected chi connectivity index (χ0v) is 13.2. The van der Waals surface area contributed by atoms with Crippen LogP contribution in [0.4, 0.5) is 0 Å². The first-order chi connectivity index (χ1) is 9.76. The SMILES string of the molecule is CCCCOCCNC(C)CCc1ccc(OC)cc1. The summed E-state index contributed by atoms with van der Waals surface area (Å²) in [7, 11) is 1.70. The molecule has 0 heterocycles. The maximum Gasteiger partial charge on any atom is 0.118 e. The van der Waals surface area contributed by atoms with Crippen molar-refractivity contribution in [3.63, 3.8) is 0 Å². The van der Waals surface area contributed by atoms with E-state index in [1.165, 1.54) is 12.0 Å². The fraction of sp³-hybridized carbons (Fsp3) is 0.647. The average molecular weight is 279 g/mol. The standard InChI is InChI=1S/C17H29NO2/c1-4-5-13-20-14-12-18-15(2)6-7-16-8-10-17(19-3)11-9-16/h8-11,15,18H,4-7,12-14H2,1-3H3. The van der Waals surface area contributed by atoms with Gasteiger partial charge in [-0.1, -0.05) is 25.5 Å². The topological polar surface area (TPSA) is 30.5 Å². The molecule has 3 nitrogen and oxygen atoms in total. The third-order valence-electron chi connectivity index (χ3n) is 3.41. The lowest BCUT2D eigenvalue weighted by atomic mass is 10.1. The summed E-state index contributed by atoms with van der Waals surface area (Å²) in [6.07, 6.45) is 4.59. The zero-order valence-electron chi connectivity index (χ0n) is 13.2. The van der Waals surface area contributed by atoms with Crippen molar-refractivity contribution in [1.29, 1.82) is 0 Å². The number of aryl methyl sites for hydroxylation is 1. The molecular formula is C17H29NO2. The van der Waals surface area contributed by atoms with Crippen LogP contribution in [0.5, 0.6) is 5.75 Å². The smallest absolute Gasteiger partial charge is 0.118 e. The van der Waals surface area contributed by atoms with E-state index in [4.69, 9.17) is 9.47 Å². The monoisotopic (exact) mass is 279 g/mol. The van der Waals surface area contributed by atoms with E-state index in [1.54, 1.807) is 7.11 Å². The van der Waals surface area contributed by atoms with Gasteiger partial charge >= 0.3 is 0 Å².